The summed E-state index contributed by atoms with van der Waals surface area (Å²) in [6.45, 7) is 5.28. The maximum atomic E-state index is 12.8. The van der Waals surface area contributed by atoms with E-state index >= 15 is 0 Å². The number of ether oxygens (including phenoxy) is 1. The van der Waals surface area contributed by atoms with E-state index in [4.69, 9.17) is 4.74 Å². The molecule has 2 aromatic rings. The maximum absolute atomic E-state index is 12.8. The van der Waals surface area contributed by atoms with Gasteiger partial charge in [0.2, 0.25) is 5.91 Å². The Morgan fingerprint density at radius 2 is 1.88 bits per heavy atom. The normalized spacial score (nSPS) is 15.4. The van der Waals surface area contributed by atoms with Crippen molar-refractivity contribution in [2.45, 2.75) is 26.4 Å². The molecule has 1 heterocycles. The van der Waals surface area contributed by atoms with Crippen molar-refractivity contribution in [1.29, 1.82) is 0 Å². The van der Waals surface area contributed by atoms with Crippen molar-refractivity contribution in [2.24, 2.45) is 0 Å². The zero-order valence-electron chi connectivity index (χ0n) is 14.3. The van der Waals surface area contributed by atoms with Crippen LogP contribution in [-0.2, 0) is 9.59 Å². The minimum atomic E-state index is -1.01. The first kappa shape index (κ1) is 17.5. The Balaban J connectivity index is 1.85. The molecule has 1 N–H and O–H groups in total. The van der Waals surface area contributed by atoms with Gasteiger partial charge >= 0.3 is 0 Å². The number of nitrogens with zero attached hydrogens (tertiary/aromatic N) is 1. The van der Waals surface area contributed by atoms with Crippen LogP contribution in [0.2, 0.25) is 0 Å². The first-order valence-corrected chi connectivity index (χ1v) is 8.72. The van der Waals surface area contributed by atoms with Crippen LogP contribution in [0, 0.1) is 6.92 Å². The second-order valence-corrected chi connectivity index (χ2v) is 7.45. The van der Waals surface area contributed by atoms with E-state index < -0.39 is 5.60 Å². The van der Waals surface area contributed by atoms with Crippen LogP contribution in [0.5, 0.6) is 5.75 Å². The standard InChI is InChI=1S/C19H19BrN2O3/c1-12-4-9-16-15(10-12)22(18(24)19(2,3)25-16)11-17(23)21-14-7-5-13(20)6-8-14/h4-10H,11H2,1-3H3,(H,21,23). The van der Waals surface area contributed by atoms with E-state index in [0.717, 1.165) is 10.0 Å². The van der Waals surface area contributed by atoms with Gasteiger partial charge in [-0.3, -0.25) is 14.5 Å². The molecule has 0 bridgehead atoms. The van der Waals surface area contributed by atoms with E-state index in [1.54, 1.807) is 26.0 Å². The van der Waals surface area contributed by atoms with Crippen molar-refractivity contribution in [3.63, 3.8) is 0 Å². The molecule has 3 rings (SSSR count). The number of aryl methyl sites for hydroxylation is 1. The summed E-state index contributed by atoms with van der Waals surface area (Å²) in [6, 6.07) is 12.9. The summed E-state index contributed by atoms with van der Waals surface area (Å²) in [7, 11) is 0. The predicted octanol–water partition coefficient (Wildman–Crippen LogP) is 3.90. The van der Waals surface area contributed by atoms with E-state index in [2.05, 4.69) is 21.2 Å². The third-order valence-electron chi connectivity index (χ3n) is 3.96. The first-order valence-electron chi connectivity index (χ1n) is 7.93. The Hall–Kier alpha value is -2.34. The number of carbonyl (C=O) groups excluding carboxylic acids is 2. The van der Waals surface area contributed by atoms with E-state index in [-0.39, 0.29) is 18.4 Å². The molecule has 5 nitrogen and oxygen atoms in total. The Kier molecular flexibility index (Phi) is 4.56. The number of nitrogens with one attached hydrogen (secondary N) is 1. The molecule has 130 valence electrons. The Morgan fingerprint density at radius 3 is 2.56 bits per heavy atom. The topological polar surface area (TPSA) is 58.6 Å². The zero-order chi connectivity index (χ0) is 18.2. The van der Waals surface area contributed by atoms with Crippen LogP contribution < -0.4 is 15.0 Å². The van der Waals surface area contributed by atoms with Crippen LogP contribution >= 0.6 is 15.9 Å². The molecule has 2 amide bonds. The van der Waals surface area contributed by atoms with Crippen LogP contribution in [0.25, 0.3) is 0 Å². The molecule has 0 atom stereocenters. The summed E-state index contributed by atoms with van der Waals surface area (Å²) in [5.74, 6) is 0.101. The fourth-order valence-corrected chi connectivity index (χ4v) is 2.98. The number of carbonyl (C=O) groups is 2. The van der Waals surface area contributed by atoms with Crippen LogP contribution in [0.15, 0.2) is 46.9 Å². The highest BCUT2D eigenvalue weighted by atomic mass is 79.9. The molecular weight excluding hydrogens is 384 g/mol. The quantitative estimate of drug-likeness (QED) is 0.846. The van der Waals surface area contributed by atoms with Gasteiger partial charge in [0.1, 0.15) is 12.3 Å². The molecule has 0 spiro atoms. The second-order valence-electron chi connectivity index (χ2n) is 6.53. The third-order valence-corrected chi connectivity index (χ3v) is 4.49. The highest BCUT2D eigenvalue weighted by molar-refractivity contribution is 9.10. The number of hydrogen-bond acceptors (Lipinski definition) is 3. The predicted molar refractivity (Wildman–Crippen MR) is 101 cm³/mol. The molecule has 0 aromatic heterocycles. The average molecular weight is 403 g/mol. The summed E-state index contributed by atoms with van der Waals surface area (Å²) in [4.78, 5) is 26.7. The minimum Gasteiger partial charge on any atom is -0.476 e. The smallest absolute Gasteiger partial charge is 0.271 e. The number of hydrogen-bond donors (Lipinski definition) is 1. The molecule has 0 saturated heterocycles. The van der Waals surface area contributed by atoms with Crippen molar-refractivity contribution in [3.05, 3.63) is 52.5 Å². The minimum absolute atomic E-state index is 0.0713. The Labute approximate surface area is 155 Å². The molecule has 0 unspecified atom stereocenters. The molecule has 2 aromatic carbocycles. The van der Waals surface area contributed by atoms with Crippen molar-refractivity contribution < 1.29 is 14.3 Å². The molecule has 0 fully saturated rings. The van der Waals surface area contributed by atoms with Crippen molar-refractivity contribution in [1.82, 2.24) is 0 Å². The number of rotatable bonds is 3. The summed E-state index contributed by atoms with van der Waals surface area (Å²) >= 11 is 3.36. The molecule has 25 heavy (non-hydrogen) atoms. The average Bonchev–Trinajstić information content (AvgIpc) is 2.55. The summed E-state index contributed by atoms with van der Waals surface area (Å²) in [6.07, 6.45) is 0. The van der Waals surface area contributed by atoms with Crippen LogP contribution in [-0.4, -0.2) is 24.0 Å². The van der Waals surface area contributed by atoms with Crippen LogP contribution in [0.4, 0.5) is 11.4 Å². The van der Waals surface area contributed by atoms with Gasteiger partial charge in [-0.2, -0.15) is 0 Å². The summed E-state index contributed by atoms with van der Waals surface area (Å²) in [5, 5.41) is 2.82. The zero-order valence-corrected chi connectivity index (χ0v) is 15.9. The summed E-state index contributed by atoms with van der Waals surface area (Å²) in [5.41, 5.74) is 1.28. The van der Waals surface area contributed by atoms with E-state index in [0.29, 0.717) is 17.1 Å². The highest BCUT2D eigenvalue weighted by Crippen LogP contribution is 2.38. The highest BCUT2D eigenvalue weighted by Gasteiger charge is 2.41. The van der Waals surface area contributed by atoms with Gasteiger partial charge in [0.05, 0.1) is 5.69 Å². The van der Waals surface area contributed by atoms with Crippen molar-refractivity contribution >= 4 is 39.1 Å². The lowest BCUT2D eigenvalue weighted by atomic mass is 10.0. The van der Waals surface area contributed by atoms with Gasteiger partial charge in [-0.05, 0) is 62.7 Å². The molecule has 1 aliphatic heterocycles. The van der Waals surface area contributed by atoms with Crippen molar-refractivity contribution in [3.8, 4) is 5.75 Å². The largest absolute Gasteiger partial charge is 0.476 e. The van der Waals surface area contributed by atoms with Gasteiger partial charge in [-0.15, -0.1) is 0 Å². The molecule has 0 aliphatic carbocycles. The Morgan fingerprint density at radius 1 is 1.20 bits per heavy atom. The van der Waals surface area contributed by atoms with Gasteiger partial charge < -0.3 is 10.1 Å². The van der Waals surface area contributed by atoms with Crippen LogP contribution in [0.1, 0.15) is 19.4 Å². The van der Waals surface area contributed by atoms with Crippen LogP contribution in [0.3, 0.4) is 0 Å². The van der Waals surface area contributed by atoms with Gasteiger partial charge in [0, 0.05) is 10.2 Å². The molecule has 0 saturated carbocycles. The third kappa shape index (κ3) is 3.69. The SMILES string of the molecule is Cc1ccc2c(c1)N(CC(=O)Nc1ccc(Br)cc1)C(=O)C(C)(C)O2. The molecule has 0 radical (unpaired) electrons. The fraction of sp³-hybridized carbons (Fsp3) is 0.263. The van der Waals surface area contributed by atoms with Gasteiger partial charge in [-0.1, -0.05) is 22.0 Å². The number of fused-ring (bicyclic) bond motifs is 1. The maximum Gasteiger partial charge on any atom is 0.271 e. The number of amides is 2. The van der Waals surface area contributed by atoms with Crippen molar-refractivity contribution in [2.75, 3.05) is 16.8 Å². The number of anilines is 2. The van der Waals surface area contributed by atoms with Gasteiger partial charge in [-0.25, -0.2) is 0 Å². The molecular formula is C19H19BrN2O3. The van der Waals surface area contributed by atoms with Gasteiger partial charge in [0.25, 0.3) is 5.91 Å². The Bertz CT molecular complexity index is 831. The lowest BCUT2D eigenvalue weighted by Crippen LogP contribution is -2.54. The lowest BCUT2D eigenvalue weighted by Gasteiger charge is -2.38. The fourth-order valence-electron chi connectivity index (χ4n) is 2.71. The molecule has 1 aliphatic rings. The number of halogens is 1. The lowest BCUT2D eigenvalue weighted by molar-refractivity contribution is -0.133. The van der Waals surface area contributed by atoms with E-state index in [9.17, 15) is 9.59 Å². The van der Waals surface area contributed by atoms with E-state index in [1.165, 1.54) is 4.90 Å². The molecule has 6 heteroatoms. The number of benzene rings is 2. The summed E-state index contributed by atoms with van der Waals surface area (Å²) < 4.78 is 6.73. The first-order chi connectivity index (χ1) is 11.8. The monoisotopic (exact) mass is 402 g/mol. The van der Waals surface area contributed by atoms with E-state index in [1.807, 2.05) is 37.3 Å². The second kappa shape index (κ2) is 6.52. The van der Waals surface area contributed by atoms with Gasteiger partial charge in [0.15, 0.2) is 5.60 Å².